The van der Waals surface area contributed by atoms with Crippen LogP contribution in [0.5, 0.6) is 0 Å². The summed E-state index contributed by atoms with van der Waals surface area (Å²) in [5, 5.41) is 0. The van der Waals surface area contributed by atoms with Crippen LogP contribution in [-0.2, 0) is 29.5 Å². The molecule has 0 saturated heterocycles. The lowest BCUT2D eigenvalue weighted by Crippen LogP contribution is -2.70. The maximum absolute atomic E-state index is 13.9. The van der Waals surface area contributed by atoms with Crippen molar-refractivity contribution < 1.29 is 26.3 Å². The van der Waals surface area contributed by atoms with Crippen molar-refractivity contribution in [2.75, 3.05) is 26.4 Å². The number of sulfonamides is 2. The van der Waals surface area contributed by atoms with E-state index < -0.39 is 30.9 Å². The van der Waals surface area contributed by atoms with E-state index in [4.69, 9.17) is 9.47 Å². The van der Waals surface area contributed by atoms with Gasteiger partial charge in [-0.25, -0.2) is 0 Å². The van der Waals surface area contributed by atoms with Crippen LogP contribution < -0.4 is 0 Å². The highest BCUT2D eigenvalue weighted by molar-refractivity contribution is 7.90. The van der Waals surface area contributed by atoms with Gasteiger partial charge in [-0.3, -0.25) is 0 Å². The van der Waals surface area contributed by atoms with E-state index >= 15 is 0 Å². The van der Waals surface area contributed by atoms with Crippen LogP contribution in [0.2, 0.25) is 0 Å². The van der Waals surface area contributed by atoms with Crippen LogP contribution in [-0.4, -0.2) is 54.7 Å². The zero-order chi connectivity index (χ0) is 34.2. The van der Waals surface area contributed by atoms with E-state index in [2.05, 4.69) is 22.0 Å². The summed E-state index contributed by atoms with van der Waals surface area (Å²) in [5.74, 6) is 0. The van der Waals surface area contributed by atoms with Crippen LogP contribution >= 0.6 is 0 Å². The molecule has 0 heterocycles. The predicted molar refractivity (Wildman–Crippen MR) is 187 cm³/mol. The normalized spacial score (nSPS) is 19.5. The first-order chi connectivity index (χ1) is 21.6. The van der Waals surface area contributed by atoms with Gasteiger partial charge in [0, 0.05) is 0 Å². The molecule has 10 heteroatoms. The molecule has 8 nitrogen and oxygen atoms in total. The lowest BCUT2D eigenvalue weighted by Gasteiger charge is -2.57. The molecule has 0 spiro atoms. The first kappa shape index (κ1) is 37.0. The Morgan fingerprint density at radius 3 is 1.26 bits per heavy atom. The fourth-order valence-electron chi connectivity index (χ4n) is 5.38. The van der Waals surface area contributed by atoms with Gasteiger partial charge in [-0.05, 0) is 78.6 Å². The summed E-state index contributed by atoms with van der Waals surface area (Å²) in [6, 6.07) is 12.8. The largest absolute Gasteiger partial charge is 0.376 e. The van der Waals surface area contributed by atoms with Crippen LogP contribution in [0, 0.1) is 24.7 Å². The van der Waals surface area contributed by atoms with Crippen LogP contribution in [0.15, 0.2) is 116 Å². The van der Waals surface area contributed by atoms with E-state index in [-0.39, 0.29) is 60.5 Å². The van der Waals surface area contributed by atoms with Crippen molar-refractivity contribution in [3.63, 3.8) is 0 Å². The number of hydrogen-bond donors (Lipinski definition) is 0. The summed E-state index contributed by atoms with van der Waals surface area (Å²) in [6.07, 6.45) is 7.24. The Labute approximate surface area is 275 Å². The van der Waals surface area contributed by atoms with Gasteiger partial charge in [-0.15, -0.1) is 13.2 Å². The summed E-state index contributed by atoms with van der Waals surface area (Å²) in [6.45, 7) is 19.6. The number of rotatable bonds is 16. The first-order valence-corrected chi connectivity index (χ1v) is 18.0. The number of nitrogens with zero attached hydrogens (tertiary/aromatic N) is 2. The van der Waals surface area contributed by atoms with Gasteiger partial charge in [0.1, 0.15) is 0 Å². The molecular formula is C36H46N2O6S2. The zero-order valence-corrected chi connectivity index (χ0v) is 29.4. The summed E-state index contributed by atoms with van der Waals surface area (Å²) in [4.78, 5) is 0.0263. The van der Waals surface area contributed by atoms with Crippen LogP contribution in [0.4, 0.5) is 0 Å². The van der Waals surface area contributed by atoms with E-state index in [0.717, 1.165) is 22.3 Å². The second kappa shape index (κ2) is 15.4. The van der Waals surface area contributed by atoms with Gasteiger partial charge >= 0.3 is 0 Å². The number of aryl methyl sites for hydroxylation is 2. The second-order valence-corrected chi connectivity index (χ2v) is 15.4. The van der Waals surface area contributed by atoms with Crippen molar-refractivity contribution in [2.24, 2.45) is 19.6 Å². The maximum Gasteiger partial charge on any atom is 0.282 e. The molecule has 0 bridgehead atoms. The Kier molecular flexibility index (Phi) is 12.4. The molecule has 2 aromatic carbocycles. The Bertz CT molecular complexity index is 1600. The number of allylic oxidation sites excluding steroid dienone is 4. The molecule has 46 heavy (non-hydrogen) atoms. The van der Waals surface area contributed by atoms with Gasteiger partial charge < -0.3 is 9.47 Å². The van der Waals surface area contributed by atoms with Crippen molar-refractivity contribution in [3.8, 4) is 0 Å². The molecule has 248 valence electrons. The molecule has 0 amide bonds. The molecule has 0 aliphatic heterocycles. The lowest BCUT2D eigenvalue weighted by molar-refractivity contribution is 0.0781. The average molecular weight is 667 g/mol. The molecule has 0 atom stereocenters. The van der Waals surface area contributed by atoms with Crippen LogP contribution in [0.3, 0.4) is 0 Å². The molecule has 1 fully saturated rings. The third-order valence-electron chi connectivity index (χ3n) is 7.78. The maximum atomic E-state index is 13.9. The van der Waals surface area contributed by atoms with E-state index in [1.807, 2.05) is 53.7 Å². The SMILES string of the molecule is C=CCC1(COCC=C(C)C)C(=NS(=O)(=O)c2ccc(C)cc2)C(CC=C)(COCC=C(C)C)C1=NS(=O)(=O)c1ccc(C)cc1. The van der Waals surface area contributed by atoms with E-state index in [1.54, 1.807) is 36.4 Å². The van der Waals surface area contributed by atoms with Gasteiger partial charge in [0.25, 0.3) is 20.0 Å². The molecule has 1 aliphatic carbocycles. The monoisotopic (exact) mass is 666 g/mol. The highest BCUT2D eigenvalue weighted by atomic mass is 32.2. The highest BCUT2D eigenvalue weighted by Crippen LogP contribution is 2.55. The van der Waals surface area contributed by atoms with Gasteiger partial charge in [-0.1, -0.05) is 70.8 Å². The average Bonchev–Trinajstić information content (AvgIpc) is 2.98. The minimum atomic E-state index is -4.25. The summed E-state index contributed by atoms with van der Waals surface area (Å²) in [7, 11) is -8.50. The van der Waals surface area contributed by atoms with Gasteiger partial charge in [0.05, 0.1) is 58.5 Å². The Morgan fingerprint density at radius 2 is 0.978 bits per heavy atom. The fraction of sp³-hybridized carbons (Fsp3) is 0.389. The number of ether oxygens (including phenoxy) is 2. The molecule has 0 unspecified atom stereocenters. The third kappa shape index (κ3) is 8.47. The minimum Gasteiger partial charge on any atom is -0.376 e. The van der Waals surface area contributed by atoms with Gasteiger partial charge in [-0.2, -0.15) is 25.6 Å². The molecule has 1 saturated carbocycles. The van der Waals surface area contributed by atoms with Crippen LogP contribution in [0.1, 0.15) is 51.7 Å². The second-order valence-electron chi connectivity index (χ2n) is 12.2. The van der Waals surface area contributed by atoms with Gasteiger partial charge in [0.2, 0.25) is 0 Å². The number of hydrogen-bond acceptors (Lipinski definition) is 6. The van der Waals surface area contributed by atoms with Crippen LogP contribution in [0.25, 0.3) is 0 Å². The quantitative estimate of drug-likeness (QED) is 0.137. The Balaban J connectivity index is 2.38. The number of benzene rings is 2. The van der Waals surface area contributed by atoms with Crippen molar-refractivity contribution in [1.29, 1.82) is 0 Å². The summed E-state index contributed by atoms with van der Waals surface area (Å²) < 4.78 is 76.8. The van der Waals surface area contributed by atoms with Crippen molar-refractivity contribution in [1.82, 2.24) is 0 Å². The van der Waals surface area contributed by atoms with Crippen molar-refractivity contribution in [3.05, 3.63) is 108 Å². The van der Waals surface area contributed by atoms with E-state index in [9.17, 15) is 16.8 Å². The predicted octanol–water partition coefficient (Wildman–Crippen LogP) is 7.37. The lowest BCUT2D eigenvalue weighted by atomic mass is 9.47. The Hall–Kier alpha value is -3.44. The molecular weight excluding hydrogens is 621 g/mol. The van der Waals surface area contributed by atoms with Crippen molar-refractivity contribution in [2.45, 2.75) is 64.2 Å². The smallest absolute Gasteiger partial charge is 0.282 e. The topological polar surface area (TPSA) is 111 Å². The zero-order valence-electron chi connectivity index (χ0n) is 27.7. The van der Waals surface area contributed by atoms with E-state index in [0.29, 0.717) is 0 Å². The van der Waals surface area contributed by atoms with E-state index in [1.165, 1.54) is 24.3 Å². The molecule has 1 aliphatic rings. The molecule has 2 aromatic rings. The van der Waals surface area contributed by atoms with Crippen molar-refractivity contribution >= 4 is 31.5 Å². The third-order valence-corrected chi connectivity index (χ3v) is 10.4. The molecule has 0 radical (unpaired) electrons. The molecule has 3 rings (SSSR count). The standard InChI is InChI=1S/C36H46N2O6S2/c1-9-21-35(25-43-23-19-27(3)4)33(37-45(39,40)31-15-11-29(7)12-16-31)36(22-10-2,26-44-24-20-28(5)6)34(35)38-46(41,42)32-17-13-30(8)14-18-32/h9-20H,1-2,21-26H2,3-8H3. The minimum absolute atomic E-state index is 0.0131. The Morgan fingerprint density at radius 1 is 0.652 bits per heavy atom. The summed E-state index contributed by atoms with van der Waals surface area (Å²) >= 11 is 0. The fourth-order valence-corrected chi connectivity index (χ4v) is 7.73. The summed E-state index contributed by atoms with van der Waals surface area (Å²) in [5.41, 5.74) is 1.59. The molecule has 0 aromatic heterocycles. The molecule has 0 N–H and O–H groups in total. The first-order valence-electron chi connectivity index (χ1n) is 15.1. The highest BCUT2D eigenvalue weighted by Gasteiger charge is 2.67. The van der Waals surface area contributed by atoms with Gasteiger partial charge in [0.15, 0.2) is 0 Å².